The lowest BCUT2D eigenvalue weighted by molar-refractivity contribution is -0.131. The fraction of sp³-hybridized carbons (Fsp3) is 0.442. The molecule has 15 heteroatoms. The number of H-pyrrole nitrogens is 2. The second kappa shape index (κ2) is 26.1. The van der Waals surface area contributed by atoms with Gasteiger partial charge in [0.25, 0.3) is 6.47 Å². The summed E-state index contributed by atoms with van der Waals surface area (Å²) in [6.07, 6.45) is 6.24. The molecule has 3 aromatic heterocycles. The molecule has 0 aliphatic heterocycles. The maximum atomic E-state index is 12.6. The number of aromatic nitrogens is 4. The van der Waals surface area contributed by atoms with E-state index < -0.39 is 6.09 Å². The van der Waals surface area contributed by atoms with E-state index in [0.717, 1.165) is 56.8 Å². The molecule has 5 aromatic rings. The van der Waals surface area contributed by atoms with Crippen molar-refractivity contribution in [3.63, 3.8) is 0 Å². The van der Waals surface area contributed by atoms with Crippen LogP contribution in [0.15, 0.2) is 59.3 Å². The molecule has 0 aliphatic rings. The summed E-state index contributed by atoms with van der Waals surface area (Å²) in [7, 11) is 4.33. The fourth-order valence-corrected chi connectivity index (χ4v) is 5.60. The highest BCUT2D eigenvalue weighted by Crippen LogP contribution is 2.37. The zero-order valence-corrected chi connectivity index (χ0v) is 35.8. The summed E-state index contributed by atoms with van der Waals surface area (Å²) in [6, 6.07) is 14.3. The van der Waals surface area contributed by atoms with Gasteiger partial charge >= 0.3 is 6.09 Å². The van der Waals surface area contributed by atoms with Crippen LogP contribution in [0.2, 0.25) is 0 Å². The van der Waals surface area contributed by atoms with Crippen LogP contribution in [0.5, 0.6) is 0 Å². The number of ether oxygens (including phenoxy) is 2. The van der Waals surface area contributed by atoms with Crippen molar-refractivity contribution in [3.8, 4) is 33.6 Å². The van der Waals surface area contributed by atoms with Gasteiger partial charge in [0, 0.05) is 24.0 Å². The highest BCUT2D eigenvalue weighted by Gasteiger charge is 2.19. The molecule has 0 unspecified atom stereocenters. The number of aryl methyl sites for hydroxylation is 1. The first kappa shape index (κ1) is 48.2. The molecule has 2 aromatic carbocycles. The fourth-order valence-electron chi connectivity index (χ4n) is 5.60. The molecule has 3 heterocycles. The molecule has 0 aliphatic carbocycles. The molecule has 316 valence electrons. The maximum Gasteiger partial charge on any atom is 0.407 e. The van der Waals surface area contributed by atoms with Crippen LogP contribution in [-0.2, 0) is 36.9 Å². The van der Waals surface area contributed by atoms with E-state index in [1.807, 2.05) is 38.1 Å². The first-order valence-corrected chi connectivity index (χ1v) is 19.7. The molecule has 15 nitrogen and oxygen atoms in total. The number of rotatable bonds is 15. The molecule has 3 amide bonds. The van der Waals surface area contributed by atoms with E-state index in [9.17, 15) is 14.4 Å². The third-order valence-corrected chi connectivity index (χ3v) is 8.12. The lowest BCUT2D eigenvalue weighted by Gasteiger charge is -2.20. The number of benzene rings is 2. The van der Waals surface area contributed by atoms with Crippen molar-refractivity contribution in [1.29, 1.82) is 0 Å². The average molecular weight is 803 g/mol. The van der Waals surface area contributed by atoms with Gasteiger partial charge in [-0.25, -0.2) is 14.8 Å². The summed E-state index contributed by atoms with van der Waals surface area (Å²) in [4.78, 5) is 64.6. The minimum atomic E-state index is -0.653. The number of nitrogens with zero attached hydrogens (tertiary/aromatic N) is 4. The number of nitrogens with one attached hydrogen (secondary N) is 4. The molecule has 0 fully saturated rings. The third kappa shape index (κ3) is 14.5. The molecule has 0 bridgehead atoms. The first-order chi connectivity index (χ1) is 28.0. The van der Waals surface area contributed by atoms with Crippen LogP contribution >= 0.6 is 0 Å². The van der Waals surface area contributed by atoms with Crippen LogP contribution in [-0.4, -0.2) is 102 Å². The van der Waals surface area contributed by atoms with Gasteiger partial charge in [0.1, 0.15) is 29.5 Å². The van der Waals surface area contributed by atoms with Crippen LogP contribution in [0.25, 0.3) is 44.6 Å². The van der Waals surface area contributed by atoms with Crippen LogP contribution in [0.3, 0.4) is 0 Å². The Labute approximate surface area is 342 Å². The number of aromatic amines is 2. The van der Waals surface area contributed by atoms with Crippen molar-refractivity contribution in [2.75, 3.05) is 47.4 Å². The Kier molecular flexibility index (Phi) is 21.6. The number of amides is 3. The first-order valence-electron chi connectivity index (χ1n) is 19.7. The number of alkyl carbamates (subject to hydrolysis) is 1. The van der Waals surface area contributed by atoms with E-state index in [1.165, 1.54) is 27.1 Å². The van der Waals surface area contributed by atoms with Crippen molar-refractivity contribution in [2.45, 2.75) is 80.8 Å². The largest absolute Gasteiger partial charge is 0.471 e. The lowest BCUT2D eigenvalue weighted by Crippen LogP contribution is -2.39. The van der Waals surface area contributed by atoms with Crippen molar-refractivity contribution in [3.05, 3.63) is 72.3 Å². The molecule has 0 atom stereocenters. The smallest absolute Gasteiger partial charge is 0.407 e. The number of carbonyl (C=O) groups is 4. The summed E-state index contributed by atoms with van der Waals surface area (Å²) >= 11 is 0. The van der Waals surface area contributed by atoms with Gasteiger partial charge in [0.2, 0.25) is 11.8 Å². The number of hydrogen-bond acceptors (Lipinski definition) is 10. The molecule has 58 heavy (non-hydrogen) atoms. The second-order valence-electron chi connectivity index (χ2n) is 13.2. The lowest BCUT2D eigenvalue weighted by atomic mass is 9.97. The molecule has 0 saturated heterocycles. The monoisotopic (exact) mass is 802 g/mol. The Morgan fingerprint density at radius 2 is 1.33 bits per heavy atom. The predicted octanol–water partition coefficient (Wildman–Crippen LogP) is 7.47. The summed E-state index contributed by atoms with van der Waals surface area (Å²) in [5, 5.41) is 6.34. The summed E-state index contributed by atoms with van der Waals surface area (Å²) < 4.78 is 14.6. The van der Waals surface area contributed by atoms with E-state index in [2.05, 4.69) is 92.9 Å². The Morgan fingerprint density at radius 1 is 0.793 bits per heavy atom. The highest BCUT2D eigenvalue weighted by molar-refractivity contribution is 6.02. The molecule has 0 spiro atoms. The van der Waals surface area contributed by atoms with Gasteiger partial charge in [-0.1, -0.05) is 77.8 Å². The Bertz CT molecular complexity index is 1980. The number of carbonyl (C=O) groups excluding carboxylic acids is 4. The van der Waals surface area contributed by atoms with Gasteiger partial charge < -0.3 is 44.3 Å². The number of fused-ring (bicyclic) bond motifs is 1. The topological polar surface area (TPSA) is 188 Å². The molecular formula is C43H62N8O7. The summed E-state index contributed by atoms with van der Waals surface area (Å²) in [5.74, 6) is 1.95. The van der Waals surface area contributed by atoms with Crippen LogP contribution < -0.4 is 10.6 Å². The van der Waals surface area contributed by atoms with Crippen molar-refractivity contribution in [2.24, 2.45) is 0 Å². The molecule has 4 N–H and O–H groups in total. The molecular weight excluding hydrogens is 741 g/mol. The Hall–Kier alpha value is -5.96. The normalized spacial score (nSPS) is 10.2. The Balaban J connectivity index is 0.00000105. The van der Waals surface area contributed by atoms with Gasteiger partial charge in [-0.2, -0.15) is 0 Å². The SMILES string of the molecule is CCC.CCC.CCCN(Cc1ncc(-c2ccc(-c3ccc(-c4cnc(CN(CC)C(=O)CNC(=O)OC)[nH]4)cc3)c3cc(C)oc23)[nH]1)C(=O)CNC.COC=O. The van der Waals surface area contributed by atoms with Gasteiger partial charge in [0.15, 0.2) is 0 Å². The zero-order valence-electron chi connectivity index (χ0n) is 35.8. The zero-order chi connectivity index (χ0) is 43.0. The quantitative estimate of drug-likeness (QED) is 0.0774. The Morgan fingerprint density at radius 3 is 1.88 bits per heavy atom. The number of likely N-dealkylation sites (N-methyl/N-ethyl adjacent to an activating group) is 2. The van der Waals surface area contributed by atoms with E-state index in [4.69, 9.17) is 9.21 Å². The van der Waals surface area contributed by atoms with Crippen LogP contribution in [0, 0.1) is 6.92 Å². The minimum Gasteiger partial charge on any atom is -0.471 e. The van der Waals surface area contributed by atoms with E-state index in [0.29, 0.717) is 37.8 Å². The van der Waals surface area contributed by atoms with Crippen molar-refractivity contribution >= 4 is 35.3 Å². The van der Waals surface area contributed by atoms with Gasteiger partial charge in [-0.15, -0.1) is 0 Å². The van der Waals surface area contributed by atoms with Gasteiger partial charge in [-0.05, 0) is 56.1 Å². The predicted molar refractivity (Wildman–Crippen MR) is 228 cm³/mol. The second-order valence-corrected chi connectivity index (χ2v) is 13.2. The highest BCUT2D eigenvalue weighted by atomic mass is 16.5. The number of furan rings is 1. The maximum absolute atomic E-state index is 12.6. The van der Waals surface area contributed by atoms with E-state index in [1.54, 1.807) is 29.2 Å². The number of methoxy groups -OCH3 is 2. The summed E-state index contributed by atoms with van der Waals surface area (Å²) in [5.41, 5.74) is 6.31. The molecule has 0 radical (unpaired) electrons. The van der Waals surface area contributed by atoms with E-state index in [-0.39, 0.29) is 31.4 Å². The third-order valence-electron chi connectivity index (χ3n) is 8.12. The minimum absolute atomic E-state index is 0.0335. The van der Waals surface area contributed by atoms with Gasteiger partial charge in [0.05, 0.1) is 57.6 Å². The van der Waals surface area contributed by atoms with Crippen LogP contribution in [0.4, 0.5) is 4.79 Å². The summed E-state index contributed by atoms with van der Waals surface area (Å²) in [6.45, 7) is 16.7. The standard InChI is InChI=1S/C35H42N8O5.2C3H8.C2H4O2/c1-6-14-43(32(44)18-36-4)21-31-38-17-29(41-31)26-13-12-25(27-15-22(3)48-34(26)27)23-8-10-24(11-9-23)28-16-37-30(40-28)20-42(7-2)33(45)19-39-35(46)47-5;2*1-3-2;1-4-2-3/h8-13,15-17,36H,6-7,14,18-21H2,1-5H3,(H,37,40)(H,38,41)(H,39,46);2*3H2,1-2H3;2H,1H3. The number of imidazole rings is 2. The average Bonchev–Trinajstić information content (AvgIpc) is 3.99. The van der Waals surface area contributed by atoms with Crippen LogP contribution in [0.1, 0.15) is 78.2 Å². The molecule has 0 saturated carbocycles. The van der Waals surface area contributed by atoms with E-state index >= 15 is 0 Å². The molecule has 5 rings (SSSR count). The number of hydrogen-bond donors (Lipinski definition) is 4. The van der Waals surface area contributed by atoms with Gasteiger partial charge in [-0.3, -0.25) is 14.4 Å². The van der Waals surface area contributed by atoms with Crippen molar-refractivity contribution < 1.29 is 33.1 Å². The van der Waals surface area contributed by atoms with Crippen molar-refractivity contribution in [1.82, 2.24) is 40.4 Å².